The number of carboxylic acid groups (broad SMARTS) is 1. The van der Waals surface area contributed by atoms with Crippen LogP contribution in [0.4, 0.5) is 0 Å². The van der Waals surface area contributed by atoms with Gasteiger partial charge in [-0.15, -0.1) is 0 Å². The first kappa shape index (κ1) is 29.0. The number of aromatic nitrogens is 1. The molecule has 0 amide bonds. The fourth-order valence-electron chi connectivity index (χ4n) is 4.60. The van der Waals surface area contributed by atoms with Crippen LogP contribution in [-0.2, 0) is 16.1 Å². The number of thiazole rings is 1. The number of aromatic carboxylic acids is 1. The monoisotopic (exact) mass is 602 g/mol. The van der Waals surface area contributed by atoms with Gasteiger partial charge in [0.2, 0.25) is 0 Å². The van der Waals surface area contributed by atoms with Gasteiger partial charge in [-0.05, 0) is 68.3 Å². The Bertz CT molecular complexity index is 1870. The summed E-state index contributed by atoms with van der Waals surface area (Å²) in [6.07, 6.45) is 1.40. The number of halogens is 1. The third kappa shape index (κ3) is 6.07. The number of ether oxygens (including phenoxy) is 2. The van der Waals surface area contributed by atoms with Crippen LogP contribution in [0.25, 0.3) is 6.08 Å². The van der Waals surface area contributed by atoms with Crippen LogP contribution in [-0.4, -0.2) is 27.7 Å². The summed E-state index contributed by atoms with van der Waals surface area (Å²) in [5, 5.41) is 9.66. The fraction of sp³-hybridized carbons (Fsp3) is 0.188. The Labute approximate surface area is 250 Å². The second-order valence-electron chi connectivity index (χ2n) is 9.92. The Hall–Kier alpha value is -4.47. The van der Waals surface area contributed by atoms with Gasteiger partial charge < -0.3 is 14.6 Å². The second kappa shape index (κ2) is 12.2. The minimum absolute atomic E-state index is 0.197. The van der Waals surface area contributed by atoms with Crippen LogP contribution < -0.4 is 19.6 Å². The Morgan fingerprint density at radius 2 is 1.76 bits per heavy atom. The van der Waals surface area contributed by atoms with Gasteiger partial charge in [0.15, 0.2) is 4.80 Å². The predicted octanol–water partition coefficient (Wildman–Crippen LogP) is 5.12. The number of nitrogens with zero attached hydrogens (tertiary/aromatic N) is 2. The first-order valence-electron chi connectivity index (χ1n) is 13.2. The summed E-state index contributed by atoms with van der Waals surface area (Å²) in [4.78, 5) is 43.4. The summed E-state index contributed by atoms with van der Waals surface area (Å²) < 4.78 is 13.5. The predicted molar refractivity (Wildman–Crippen MR) is 161 cm³/mol. The number of hydrogen-bond acceptors (Lipinski definition) is 7. The summed E-state index contributed by atoms with van der Waals surface area (Å²) in [6, 6.07) is 20.0. The van der Waals surface area contributed by atoms with Gasteiger partial charge in [0, 0.05) is 10.6 Å². The summed E-state index contributed by atoms with van der Waals surface area (Å²) in [5.41, 5.74) is 2.85. The molecule has 0 fully saturated rings. The molecule has 3 aromatic carbocycles. The molecule has 2 heterocycles. The highest BCUT2D eigenvalue weighted by atomic mass is 35.5. The lowest BCUT2D eigenvalue weighted by atomic mass is 9.96. The van der Waals surface area contributed by atoms with E-state index in [-0.39, 0.29) is 23.8 Å². The van der Waals surface area contributed by atoms with E-state index in [9.17, 15) is 14.4 Å². The van der Waals surface area contributed by atoms with Gasteiger partial charge in [-0.2, -0.15) is 0 Å². The van der Waals surface area contributed by atoms with E-state index in [0.717, 1.165) is 5.56 Å². The molecule has 0 radical (unpaired) electrons. The molecule has 1 aliphatic heterocycles. The first-order chi connectivity index (χ1) is 20.1. The maximum atomic E-state index is 13.9. The van der Waals surface area contributed by atoms with Crippen LogP contribution in [0.2, 0.25) is 5.02 Å². The summed E-state index contributed by atoms with van der Waals surface area (Å²) in [7, 11) is 0. The van der Waals surface area contributed by atoms with Crippen molar-refractivity contribution in [2.75, 3.05) is 0 Å². The molecule has 1 atom stereocenters. The van der Waals surface area contributed by atoms with Gasteiger partial charge >= 0.3 is 11.9 Å². The van der Waals surface area contributed by atoms with Gasteiger partial charge in [-0.1, -0.05) is 65.4 Å². The third-order valence-corrected chi connectivity index (χ3v) is 7.81. The number of fused-ring (bicyclic) bond motifs is 1. The SMILES string of the molecule is CC1=C(C(=O)OC(C)C)[C@@H](c2ccc(Cl)cc2)n2c(s/c(=C\c3ccccc3OCc3ccc(C(=O)O)cc3)c2=O)=N1. The van der Waals surface area contributed by atoms with Gasteiger partial charge in [0.1, 0.15) is 12.4 Å². The van der Waals surface area contributed by atoms with Crippen molar-refractivity contribution in [2.24, 2.45) is 4.99 Å². The van der Waals surface area contributed by atoms with E-state index in [2.05, 4.69) is 4.99 Å². The van der Waals surface area contributed by atoms with Crippen molar-refractivity contribution in [2.45, 2.75) is 39.5 Å². The van der Waals surface area contributed by atoms with E-state index < -0.39 is 18.0 Å². The Kier molecular flexibility index (Phi) is 8.42. The molecule has 42 heavy (non-hydrogen) atoms. The standard InChI is InChI=1S/C32H27ClN2O6S/c1-18(2)41-31(39)27-19(3)34-32-35(28(27)21-12-14-24(33)15-13-21)29(36)26(42-32)16-23-6-4-5-7-25(23)40-17-20-8-10-22(11-9-20)30(37)38/h4-16,18,28H,17H2,1-3H3,(H,37,38)/b26-16-/t28-/m1/s1. The molecule has 214 valence electrons. The van der Waals surface area contributed by atoms with E-state index in [1.807, 2.05) is 18.2 Å². The molecule has 8 nitrogen and oxygen atoms in total. The third-order valence-electron chi connectivity index (χ3n) is 6.57. The Morgan fingerprint density at radius 1 is 1.07 bits per heavy atom. The molecule has 1 aliphatic rings. The van der Waals surface area contributed by atoms with Crippen LogP contribution in [0.5, 0.6) is 5.75 Å². The minimum Gasteiger partial charge on any atom is -0.488 e. The number of carboxylic acids is 1. The lowest BCUT2D eigenvalue weighted by molar-refractivity contribution is -0.143. The highest BCUT2D eigenvalue weighted by molar-refractivity contribution is 7.07. The van der Waals surface area contributed by atoms with E-state index in [4.69, 9.17) is 26.2 Å². The molecular formula is C32H27ClN2O6S. The lowest BCUT2D eigenvalue weighted by Crippen LogP contribution is -2.40. The van der Waals surface area contributed by atoms with Crippen LogP contribution in [0.15, 0.2) is 93.9 Å². The normalized spacial score (nSPS) is 14.9. The molecule has 0 unspecified atom stereocenters. The van der Waals surface area contributed by atoms with E-state index >= 15 is 0 Å². The minimum atomic E-state index is -0.994. The molecule has 0 saturated heterocycles. The van der Waals surface area contributed by atoms with Crippen LogP contribution >= 0.6 is 22.9 Å². The number of carbonyl (C=O) groups excluding carboxylic acids is 1. The van der Waals surface area contributed by atoms with Crippen molar-refractivity contribution >= 4 is 41.0 Å². The number of allylic oxidation sites excluding steroid dienone is 1. The van der Waals surface area contributed by atoms with Crippen molar-refractivity contribution in [3.05, 3.63) is 131 Å². The van der Waals surface area contributed by atoms with E-state index in [1.165, 1.54) is 28.0 Å². The zero-order valence-electron chi connectivity index (χ0n) is 23.0. The largest absolute Gasteiger partial charge is 0.488 e. The topological polar surface area (TPSA) is 107 Å². The van der Waals surface area contributed by atoms with Gasteiger partial charge in [0.25, 0.3) is 5.56 Å². The molecule has 0 saturated carbocycles. The number of hydrogen-bond donors (Lipinski definition) is 1. The molecule has 5 rings (SSSR count). The molecule has 1 aromatic heterocycles. The van der Waals surface area contributed by atoms with Crippen molar-refractivity contribution in [3.63, 3.8) is 0 Å². The molecule has 0 spiro atoms. The highest BCUT2D eigenvalue weighted by Gasteiger charge is 2.33. The second-order valence-corrected chi connectivity index (χ2v) is 11.4. The number of benzene rings is 3. The van der Waals surface area contributed by atoms with Crippen LogP contribution in [0, 0.1) is 0 Å². The van der Waals surface area contributed by atoms with E-state index in [0.29, 0.717) is 42.5 Å². The van der Waals surface area contributed by atoms with Crippen molar-refractivity contribution in [1.29, 1.82) is 0 Å². The van der Waals surface area contributed by atoms with Crippen molar-refractivity contribution in [3.8, 4) is 5.75 Å². The number of para-hydroxylation sites is 1. The molecule has 10 heteroatoms. The Morgan fingerprint density at radius 3 is 2.43 bits per heavy atom. The molecule has 1 N–H and O–H groups in total. The number of rotatable bonds is 8. The highest BCUT2D eigenvalue weighted by Crippen LogP contribution is 2.31. The maximum absolute atomic E-state index is 13.9. The summed E-state index contributed by atoms with van der Waals surface area (Å²) in [5.74, 6) is -0.973. The zero-order valence-corrected chi connectivity index (χ0v) is 24.6. The summed E-state index contributed by atoms with van der Waals surface area (Å²) in [6.45, 7) is 5.49. The van der Waals surface area contributed by atoms with E-state index in [1.54, 1.807) is 69.3 Å². The average Bonchev–Trinajstić information content (AvgIpc) is 3.26. The van der Waals surface area contributed by atoms with Gasteiger partial charge in [0.05, 0.1) is 33.5 Å². The molecule has 4 aromatic rings. The van der Waals surface area contributed by atoms with Gasteiger partial charge in [-0.25, -0.2) is 14.6 Å². The quantitative estimate of drug-likeness (QED) is 0.281. The summed E-state index contributed by atoms with van der Waals surface area (Å²) >= 11 is 7.36. The number of esters is 1. The Balaban J connectivity index is 1.55. The zero-order chi connectivity index (χ0) is 30.0. The molecular weight excluding hydrogens is 576 g/mol. The van der Waals surface area contributed by atoms with Crippen LogP contribution in [0.1, 0.15) is 53.9 Å². The number of carbonyl (C=O) groups is 2. The van der Waals surface area contributed by atoms with Crippen LogP contribution in [0.3, 0.4) is 0 Å². The van der Waals surface area contributed by atoms with Crippen molar-refractivity contribution in [1.82, 2.24) is 4.57 Å². The first-order valence-corrected chi connectivity index (χ1v) is 14.3. The lowest BCUT2D eigenvalue weighted by Gasteiger charge is -2.25. The van der Waals surface area contributed by atoms with Gasteiger partial charge in [-0.3, -0.25) is 9.36 Å². The van der Waals surface area contributed by atoms with Crippen molar-refractivity contribution < 1.29 is 24.2 Å². The average molecular weight is 603 g/mol. The fourth-order valence-corrected chi connectivity index (χ4v) is 5.76. The molecule has 0 aliphatic carbocycles. The smallest absolute Gasteiger partial charge is 0.338 e. The molecule has 0 bridgehead atoms. The maximum Gasteiger partial charge on any atom is 0.338 e.